The van der Waals surface area contributed by atoms with Crippen molar-refractivity contribution in [1.29, 1.82) is 0 Å². The summed E-state index contributed by atoms with van der Waals surface area (Å²) < 4.78 is 3.64. The predicted octanol–water partition coefficient (Wildman–Crippen LogP) is 0.0796. The lowest BCUT2D eigenvalue weighted by atomic mass is 10.3. The van der Waals surface area contributed by atoms with Crippen LogP contribution in [0.3, 0.4) is 0 Å². The Bertz CT molecular complexity index is 441. The van der Waals surface area contributed by atoms with Crippen molar-refractivity contribution in [2.24, 2.45) is 12.8 Å². The van der Waals surface area contributed by atoms with Gasteiger partial charge >= 0.3 is 0 Å². The van der Waals surface area contributed by atoms with Gasteiger partial charge in [-0.3, -0.25) is 4.68 Å². The Morgan fingerprint density at radius 3 is 2.87 bits per heavy atom. The van der Waals surface area contributed by atoms with Crippen molar-refractivity contribution in [1.82, 2.24) is 24.3 Å². The summed E-state index contributed by atoms with van der Waals surface area (Å²) in [6, 6.07) is -0.0313. The highest BCUT2D eigenvalue weighted by atomic mass is 15.3. The number of rotatable bonds is 3. The third-order valence-corrected chi connectivity index (χ3v) is 2.17. The number of aryl methyl sites for hydroxylation is 1. The Morgan fingerprint density at radius 2 is 2.27 bits per heavy atom. The van der Waals surface area contributed by atoms with Crippen LogP contribution in [0.1, 0.15) is 24.5 Å². The molecule has 2 N–H and O–H groups in total. The first-order chi connectivity index (χ1) is 7.16. The first-order valence-corrected chi connectivity index (χ1v) is 4.77. The van der Waals surface area contributed by atoms with E-state index in [1.165, 1.54) is 0 Å². The fraction of sp³-hybridized carbons (Fsp3) is 0.444. The molecule has 1 atom stereocenters. The van der Waals surface area contributed by atoms with Crippen LogP contribution in [0.15, 0.2) is 18.9 Å². The van der Waals surface area contributed by atoms with E-state index in [0.29, 0.717) is 6.54 Å². The number of hydrogen-bond donors (Lipinski definition) is 1. The van der Waals surface area contributed by atoms with E-state index in [4.69, 9.17) is 5.73 Å². The standard InChI is InChI=1S/C9H14N6/c1-7(10)8-3-11-5-15(8)4-9-12-6-14(2)13-9/h3,5-7H,4,10H2,1-2H3/t7-/m0/s1. The van der Waals surface area contributed by atoms with Crippen molar-refractivity contribution in [2.75, 3.05) is 0 Å². The summed E-state index contributed by atoms with van der Waals surface area (Å²) in [5.74, 6) is 0.761. The molecular weight excluding hydrogens is 192 g/mol. The molecule has 0 unspecified atom stereocenters. The number of aromatic nitrogens is 5. The van der Waals surface area contributed by atoms with Gasteiger partial charge in [-0.05, 0) is 6.92 Å². The summed E-state index contributed by atoms with van der Waals surface area (Å²) >= 11 is 0. The van der Waals surface area contributed by atoms with Crippen LogP contribution in [-0.4, -0.2) is 24.3 Å². The smallest absolute Gasteiger partial charge is 0.170 e. The maximum atomic E-state index is 5.81. The quantitative estimate of drug-likeness (QED) is 0.771. The zero-order chi connectivity index (χ0) is 10.8. The molecule has 0 aliphatic heterocycles. The zero-order valence-corrected chi connectivity index (χ0v) is 8.83. The van der Waals surface area contributed by atoms with Gasteiger partial charge in [0, 0.05) is 19.3 Å². The van der Waals surface area contributed by atoms with Gasteiger partial charge in [-0.25, -0.2) is 9.97 Å². The van der Waals surface area contributed by atoms with Gasteiger partial charge in [-0.1, -0.05) is 0 Å². The van der Waals surface area contributed by atoms with Gasteiger partial charge in [0.2, 0.25) is 0 Å². The van der Waals surface area contributed by atoms with Crippen LogP contribution in [0.2, 0.25) is 0 Å². The molecule has 2 heterocycles. The van der Waals surface area contributed by atoms with E-state index in [1.807, 2.05) is 18.5 Å². The lowest BCUT2D eigenvalue weighted by Crippen LogP contribution is -2.13. The molecule has 15 heavy (non-hydrogen) atoms. The molecule has 0 aliphatic carbocycles. The van der Waals surface area contributed by atoms with Gasteiger partial charge in [-0.15, -0.1) is 0 Å². The SMILES string of the molecule is C[C@H](N)c1cncn1Cc1ncn(C)n1. The Morgan fingerprint density at radius 1 is 1.47 bits per heavy atom. The van der Waals surface area contributed by atoms with Crippen molar-refractivity contribution in [3.8, 4) is 0 Å². The first-order valence-electron chi connectivity index (χ1n) is 4.77. The number of nitrogens with zero attached hydrogens (tertiary/aromatic N) is 5. The van der Waals surface area contributed by atoms with E-state index in [2.05, 4.69) is 15.1 Å². The van der Waals surface area contributed by atoms with Gasteiger partial charge in [0.25, 0.3) is 0 Å². The van der Waals surface area contributed by atoms with E-state index in [-0.39, 0.29) is 6.04 Å². The summed E-state index contributed by atoms with van der Waals surface area (Å²) in [6.07, 6.45) is 5.19. The second kappa shape index (κ2) is 3.82. The molecule has 0 amide bonds. The van der Waals surface area contributed by atoms with Crippen LogP contribution in [-0.2, 0) is 13.6 Å². The van der Waals surface area contributed by atoms with Crippen molar-refractivity contribution in [3.05, 3.63) is 30.4 Å². The summed E-state index contributed by atoms with van der Waals surface area (Å²) in [4.78, 5) is 8.22. The average molecular weight is 206 g/mol. The van der Waals surface area contributed by atoms with Crippen molar-refractivity contribution < 1.29 is 0 Å². The van der Waals surface area contributed by atoms with Crippen LogP contribution in [0.4, 0.5) is 0 Å². The highest BCUT2D eigenvalue weighted by Crippen LogP contribution is 2.09. The second-order valence-electron chi connectivity index (χ2n) is 3.57. The van der Waals surface area contributed by atoms with Crippen molar-refractivity contribution in [3.63, 3.8) is 0 Å². The Kier molecular flexibility index (Phi) is 2.51. The molecule has 80 valence electrons. The molecule has 0 aliphatic rings. The second-order valence-corrected chi connectivity index (χ2v) is 3.57. The van der Waals surface area contributed by atoms with E-state index >= 15 is 0 Å². The van der Waals surface area contributed by atoms with Crippen LogP contribution in [0, 0.1) is 0 Å². The summed E-state index contributed by atoms with van der Waals surface area (Å²) in [7, 11) is 1.84. The normalized spacial score (nSPS) is 13.0. The summed E-state index contributed by atoms with van der Waals surface area (Å²) in [5, 5.41) is 4.20. The van der Waals surface area contributed by atoms with Gasteiger partial charge < -0.3 is 10.3 Å². The van der Waals surface area contributed by atoms with Crippen molar-refractivity contribution in [2.45, 2.75) is 19.5 Å². The molecule has 0 aromatic carbocycles. The monoisotopic (exact) mass is 206 g/mol. The van der Waals surface area contributed by atoms with Crippen molar-refractivity contribution >= 4 is 0 Å². The minimum Gasteiger partial charge on any atom is -0.325 e. The van der Waals surface area contributed by atoms with Crippen LogP contribution in [0.25, 0.3) is 0 Å². The zero-order valence-electron chi connectivity index (χ0n) is 8.83. The first kappa shape index (κ1) is 9.85. The maximum absolute atomic E-state index is 5.81. The van der Waals surface area contributed by atoms with E-state index < -0.39 is 0 Å². The minimum absolute atomic E-state index is 0.0313. The van der Waals surface area contributed by atoms with Gasteiger partial charge in [0.1, 0.15) is 6.33 Å². The molecule has 2 aromatic rings. The number of nitrogens with two attached hydrogens (primary N) is 1. The Balaban J connectivity index is 2.20. The third kappa shape index (κ3) is 2.04. The fourth-order valence-corrected chi connectivity index (χ4v) is 1.45. The lowest BCUT2D eigenvalue weighted by molar-refractivity contribution is 0.645. The molecule has 0 spiro atoms. The average Bonchev–Trinajstić information content (AvgIpc) is 2.75. The summed E-state index contributed by atoms with van der Waals surface area (Å²) in [6.45, 7) is 2.54. The number of imidazole rings is 1. The van der Waals surface area contributed by atoms with Crippen LogP contribution in [0.5, 0.6) is 0 Å². The van der Waals surface area contributed by atoms with E-state index in [0.717, 1.165) is 11.5 Å². The molecule has 2 aromatic heterocycles. The van der Waals surface area contributed by atoms with E-state index in [1.54, 1.807) is 23.5 Å². The minimum atomic E-state index is -0.0313. The third-order valence-electron chi connectivity index (χ3n) is 2.17. The van der Waals surface area contributed by atoms with Gasteiger partial charge in [0.15, 0.2) is 5.82 Å². The molecule has 2 rings (SSSR count). The van der Waals surface area contributed by atoms with Crippen LogP contribution < -0.4 is 5.73 Å². The lowest BCUT2D eigenvalue weighted by Gasteiger charge is -2.08. The molecule has 0 radical (unpaired) electrons. The molecular formula is C9H14N6. The highest BCUT2D eigenvalue weighted by Gasteiger charge is 2.08. The van der Waals surface area contributed by atoms with Gasteiger partial charge in [0.05, 0.1) is 18.6 Å². The maximum Gasteiger partial charge on any atom is 0.170 e. The van der Waals surface area contributed by atoms with Gasteiger partial charge in [-0.2, -0.15) is 5.10 Å². The molecule has 0 saturated carbocycles. The highest BCUT2D eigenvalue weighted by molar-refractivity contribution is 5.04. The topological polar surface area (TPSA) is 74.5 Å². The molecule has 6 heteroatoms. The van der Waals surface area contributed by atoms with Crippen LogP contribution >= 0.6 is 0 Å². The summed E-state index contributed by atoms with van der Waals surface area (Å²) in [5.41, 5.74) is 6.80. The Hall–Kier alpha value is -1.69. The van der Waals surface area contributed by atoms with E-state index in [9.17, 15) is 0 Å². The molecule has 0 saturated heterocycles. The molecule has 6 nitrogen and oxygen atoms in total. The molecule has 0 fully saturated rings. The fourth-order valence-electron chi connectivity index (χ4n) is 1.45. The predicted molar refractivity (Wildman–Crippen MR) is 54.9 cm³/mol. The largest absolute Gasteiger partial charge is 0.325 e. The Labute approximate surface area is 87.8 Å². The molecule has 0 bridgehead atoms. The number of hydrogen-bond acceptors (Lipinski definition) is 4.